The smallest absolute Gasteiger partial charge is 0.325 e. The topological polar surface area (TPSA) is 73.2 Å². The van der Waals surface area contributed by atoms with Crippen LogP contribution in [0.25, 0.3) is 5.69 Å². The first kappa shape index (κ1) is 16.4. The zero-order chi connectivity index (χ0) is 15.9. The van der Waals surface area contributed by atoms with Gasteiger partial charge in [0, 0.05) is 23.1 Å². The maximum atomic E-state index is 11.7. The van der Waals surface area contributed by atoms with Gasteiger partial charge in [-0.25, -0.2) is 4.98 Å². The number of nitrogens with zero attached hydrogens (tertiary/aromatic N) is 2. The summed E-state index contributed by atoms with van der Waals surface area (Å²) < 4.78 is 6.29. The second-order valence-corrected chi connectivity index (χ2v) is 5.58. The molecule has 116 valence electrons. The van der Waals surface area contributed by atoms with Crippen LogP contribution in [0.15, 0.2) is 41.8 Å². The quantitative estimate of drug-likeness (QED) is 0.643. The van der Waals surface area contributed by atoms with Gasteiger partial charge in [0.2, 0.25) is 5.91 Å². The van der Waals surface area contributed by atoms with Crippen LogP contribution in [0.1, 0.15) is 0 Å². The zero-order valence-electron chi connectivity index (χ0n) is 11.8. The van der Waals surface area contributed by atoms with Crippen LogP contribution in [-0.4, -0.2) is 40.8 Å². The van der Waals surface area contributed by atoms with E-state index >= 15 is 0 Å². The minimum Gasteiger partial charge on any atom is -0.468 e. The number of thioether (sulfide) groups is 1. The van der Waals surface area contributed by atoms with Crippen molar-refractivity contribution in [3.63, 3.8) is 0 Å². The maximum absolute atomic E-state index is 11.7. The Morgan fingerprint density at radius 2 is 2.27 bits per heavy atom. The number of hydrogen-bond acceptors (Lipinski definition) is 5. The average Bonchev–Trinajstić information content (AvgIpc) is 2.99. The molecule has 1 aromatic heterocycles. The molecule has 0 saturated heterocycles. The second kappa shape index (κ2) is 7.86. The van der Waals surface area contributed by atoms with E-state index in [0.717, 1.165) is 5.69 Å². The first-order valence-corrected chi connectivity index (χ1v) is 7.72. The number of imidazole rings is 1. The van der Waals surface area contributed by atoms with E-state index in [0.29, 0.717) is 10.2 Å². The van der Waals surface area contributed by atoms with E-state index < -0.39 is 5.97 Å². The Hall–Kier alpha value is -1.99. The molecule has 0 aliphatic rings. The molecule has 0 radical (unpaired) electrons. The molecule has 0 aliphatic heterocycles. The molecule has 22 heavy (non-hydrogen) atoms. The molecular formula is C14H14ClN3O3S. The first-order chi connectivity index (χ1) is 10.6. The second-order valence-electron chi connectivity index (χ2n) is 4.20. The molecule has 0 atom stereocenters. The van der Waals surface area contributed by atoms with E-state index in [1.54, 1.807) is 18.5 Å². The molecular weight excluding hydrogens is 326 g/mol. The number of halogens is 1. The van der Waals surface area contributed by atoms with Gasteiger partial charge in [-0.2, -0.15) is 0 Å². The van der Waals surface area contributed by atoms with Crippen LogP contribution in [0.2, 0.25) is 5.02 Å². The van der Waals surface area contributed by atoms with Gasteiger partial charge in [-0.1, -0.05) is 29.4 Å². The molecule has 0 unspecified atom stereocenters. The molecule has 8 heteroatoms. The summed E-state index contributed by atoms with van der Waals surface area (Å²) in [6, 6.07) is 7.34. The van der Waals surface area contributed by atoms with Crippen molar-refractivity contribution < 1.29 is 14.3 Å². The summed E-state index contributed by atoms with van der Waals surface area (Å²) in [5.41, 5.74) is 0.863. The lowest BCUT2D eigenvalue weighted by Gasteiger charge is -2.08. The Labute approximate surface area is 136 Å². The molecule has 1 heterocycles. The van der Waals surface area contributed by atoms with Gasteiger partial charge in [0.1, 0.15) is 6.54 Å². The van der Waals surface area contributed by atoms with Crippen molar-refractivity contribution in [1.82, 2.24) is 14.9 Å². The van der Waals surface area contributed by atoms with Crippen molar-refractivity contribution in [3.05, 3.63) is 41.7 Å². The van der Waals surface area contributed by atoms with Crippen molar-refractivity contribution in [2.75, 3.05) is 19.4 Å². The summed E-state index contributed by atoms with van der Waals surface area (Å²) in [6.45, 7) is -0.140. The number of nitrogens with one attached hydrogen (secondary N) is 1. The highest BCUT2D eigenvalue weighted by molar-refractivity contribution is 7.99. The monoisotopic (exact) mass is 339 g/mol. The van der Waals surface area contributed by atoms with Crippen molar-refractivity contribution >= 4 is 35.2 Å². The lowest BCUT2D eigenvalue weighted by Crippen LogP contribution is -2.31. The summed E-state index contributed by atoms with van der Waals surface area (Å²) in [5.74, 6) is -0.607. The lowest BCUT2D eigenvalue weighted by molar-refractivity contribution is -0.140. The van der Waals surface area contributed by atoms with Crippen molar-refractivity contribution in [2.45, 2.75) is 5.16 Å². The van der Waals surface area contributed by atoms with E-state index in [4.69, 9.17) is 11.6 Å². The summed E-state index contributed by atoms with van der Waals surface area (Å²) in [4.78, 5) is 26.8. The van der Waals surface area contributed by atoms with Crippen molar-refractivity contribution in [3.8, 4) is 5.69 Å². The fraction of sp³-hybridized carbons (Fsp3) is 0.214. The number of carbonyl (C=O) groups is 2. The highest BCUT2D eigenvalue weighted by Gasteiger charge is 2.10. The van der Waals surface area contributed by atoms with Gasteiger partial charge in [0.25, 0.3) is 0 Å². The van der Waals surface area contributed by atoms with Crippen LogP contribution in [0.4, 0.5) is 0 Å². The number of esters is 1. The predicted molar refractivity (Wildman–Crippen MR) is 84.3 cm³/mol. The zero-order valence-corrected chi connectivity index (χ0v) is 13.4. The van der Waals surface area contributed by atoms with Gasteiger partial charge in [0.05, 0.1) is 12.9 Å². The first-order valence-electron chi connectivity index (χ1n) is 6.35. The highest BCUT2D eigenvalue weighted by atomic mass is 35.5. The summed E-state index contributed by atoms with van der Waals surface area (Å²) in [6.07, 6.45) is 3.44. The van der Waals surface area contributed by atoms with Crippen LogP contribution in [-0.2, 0) is 14.3 Å². The normalized spacial score (nSPS) is 10.3. The van der Waals surface area contributed by atoms with E-state index in [1.165, 1.54) is 18.9 Å². The molecule has 1 N–H and O–H groups in total. The Morgan fingerprint density at radius 3 is 3.00 bits per heavy atom. The predicted octanol–water partition coefficient (Wildman–Crippen LogP) is 1.91. The molecule has 2 aromatic rings. The number of carbonyl (C=O) groups excluding carboxylic acids is 2. The Kier molecular flexibility index (Phi) is 5.85. The molecule has 1 amide bonds. The third kappa shape index (κ3) is 4.51. The SMILES string of the molecule is COC(=O)CNC(=O)CSc1nccn1-c1cccc(Cl)c1. The summed E-state index contributed by atoms with van der Waals surface area (Å²) >= 11 is 7.24. The summed E-state index contributed by atoms with van der Waals surface area (Å²) in [7, 11) is 1.27. The molecule has 0 aliphatic carbocycles. The number of aromatic nitrogens is 2. The van der Waals surface area contributed by atoms with Crippen molar-refractivity contribution in [1.29, 1.82) is 0 Å². The van der Waals surface area contributed by atoms with Gasteiger partial charge >= 0.3 is 5.97 Å². The number of hydrogen-bond donors (Lipinski definition) is 1. The van der Waals surface area contributed by atoms with E-state index in [2.05, 4.69) is 15.0 Å². The minimum absolute atomic E-state index is 0.140. The number of methoxy groups -OCH3 is 1. The standard InChI is InChI=1S/C14H14ClN3O3S/c1-21-13(20)8-17-12(19)9-22-14-16-5-6-18(14)11-4-2-3-10(15)7-11/h2-7H,8-9H2,1H3,(H,17,19). The molecule has 0 spiro atoms. The Bertz CT molecular complexity index is 675. The number of amides is 1. The molecule has 0 fully saturated rings. The van der Waals surface area contributed by atoms with Crippen LogP contribution < -0.4 is 5.32 Å². The Morgan fingerprint density at radius 1 is 1.45 bits per heavy atom. The fourth-order valence-electron chi connectivity index (χ4n) is 1.64. The van der Waals surface area contributed by atoms with Crippen molar-refractivity contribution in [2.24, 2.45) is 0 Å². The van der Waals surface area contributed by atoms with Gasteiger partial charge in [0.15, 0.2) is 5.16 Å². The largest absolute Gasteiger partial charge is 0.468 e. The molecule has 6 nitrogen and oxygen atoms in total. The molecule has 2 rings (SSSR count). The van der Waals surface area contributed by atoms with Gasteiger partial charge in [-0.3, -0.25) is 14.2 Å². The number of rotatable bonds is 6. The molecule has 1 aromatic carbocycles. The van der Waals surface area contributed by atoms with Gasteiger partial charge in [-0.05, 0) is 18.2 Å². The minimum atomic E-state index is -0.487. The third-order valence-electron chi connectivity index (χ3n) is 2.68. The van der Waals surface area contributed by atoms with Gasteiger partial charge < -0.3 is 10.1 Å². The van der Waals surface area contributed by atoms with E-state index in [9.17, 15) is 9.59 Å². The molecule has 0 saturated carbocycles. The number of ether oxygens (including phenoxy) is 1. The van der Waals surface area contributed by atoms with Crippen LogP contribution in [0.5, 0.6) is 0 Å². The van der Waals surface area contributed by atoms with Crippen LogP contribution >= 0.6 is 23.4 Å². The maximum Gasteiger partial charge on any atom is 0.325 e. The fourth-order valence-corrected chi connectivity index (χ4v) is 2.63. The third-order valence-corrected chi connectivity index (χ3v) is 3.89. The van der Waals surface area contributed by atoms with E-state index in [-0.39, 0.29) is 18.2 Å². The Balaban J connectivity index is 1.96. The van der Waals surface area contributed by atoms with Crippen LogP contribution in [0.3, 0.4) is 0 Å². The number of benzene rings is 1. The average molecular weight is 340 g/mol. The van der Waals surface area contributed by atoms with Crippen LogP contribution in [0, 0.1) is 0 Å². The summed E-state index contributed by atoms with van der Waals surface area (Å²) in [5, 5.41) is 3.76. The van der Waals surface area contributed by atoms with E-state index in [1.807, 2.05) is 22.8 Å². The molecule has 0 bridgehead atoms. The highest BCUT2D eigenvalue weighted by Crippen LogP contribution is 2.22. The lowest BCUT2D eigenvalue weighted by atomic mass is 10.3. The van der Waals surface area contributed by atoms with Gasteiger partial charge in [-0.15, -0.1) is 0 Å².